The van der Waals surface area contributed by atoms with E-state index in [1.165, 1.54) is 0 Å². The number of aliphatic imine (C=N–C) groups is 1. The number of hydrogen-bond acceptors (Lipinski definition) is 3. The summed E-state index contributed by atoms with van der Waals surface area (Å²) in [7, 11) is 1.74. The number of benzene rings is 1. The van der Waals surface area contributed by atoms with Crippen molar-refractivity contribution in [3.8, 4) is 0 Å². The second-order valence-corrected chi connectivity index (χ2v) is 7.65. The summed E-state index contributed by atoms with van der Waals surface area (Å²) in [5.41, 5.74) is 1.69. The highest BCUT2D eigenvalue weighted by Gasteiger charge is 2.19. The minimum absolute atomic E-state index is 0.318. The van der Waals surface area contributed by atoms with Crippen molar-refractivity contribution in [1.29, 1.82) is 0 Å². The van der Waals surface area contributed by atoms with Crippen molar-refractivity contribution >= 4 is 12.1 Å². The molecule has 0 bridgehead atoms. The van der Waals surface area contributed by atoms with Gasteiger partial charge in [-0.05, 0) is 52.7 Å². The number of nitrogens with zero attached hydrogens (tertiary/aromatic N) is 2. The van der Waals surface area contributed by atoms with Crippen LogP contribution in [0.1, 0.15) is 52.7 Å². The van der Waals surface area contributed by atoms with Gasteiger partial charge in [0, 0.05) is 26.2 Å². The minimum atomic E-state index is -0.485. The Labute approximate surface area is 158 Å². The van der Waals surface area contributed by atoms with Crippen LogP contribution in [0.25, 0.3) is 0 Å². The topological polar surface area (TPSA) is 66.0 Å². The molecule has 0 heterocycles. The molecule has 1 rings (SSSR count). The first-order valence-corrected chi connectivity index (χ1v) is 9.17. The Bertz CT molecular complexity index is 589. The largest absolute Gasteiger partial charge is 0.444 e. The lowest BCUT2D eigenvalue weighted by atomic mass is 10.1. The average molecular weight is 363 g/mol. The number of rotatable bonds is 6. The van der Waals surface area contributed by atoms with Crippen molar-refractivity contribution < 1.29 is 9.53 Å². The highest BCUT2D eigenvalue weighted by atomic mass is 16.6. The zero-order valence-corrected chi connectivity index (χ0v) is 17.2. The van der Waals surface area contributed by atoms with Gasteiger partial charge < -0.3 is 20.3 Å². The van der Waals surface area contributed by atoms with Gasteiger partial charge in [-0.15, -0.1) is 0 Å². The number of hydrogen-bond donors (Lipinski definition) is 2. The molecule has 0 aromatic heterocycles. The van der Waals surface area contributed by atoms with E-state index in [1.807, 2.05) is 52.0 Å². The number of ether oxygens (including phenoxy) is 1. The quantitative estimate of drug-likeness (QED) is 0.600. The molecule has 0 spiro atoms. The smallest absolute Gasteiger partial charge is 0.410 e. The van der Waals surface area contributed by atoms with E-state index in [0.29, 0.717) is 19.1 Å². The maximum absolute atomic E-state index is 12.0. The third-order valence-electron chi connectivity index (χ3n) is 3.34. The van der Waals surface area contributed by atoms with Crippen LogP contribution in [0.2, 0.25) is 0 Å². The zero-order chi connectivity index (χ0) is 19.7. The van der Waals surface area contributed by atoms with Crippen molar-refractivity contribution in [3.63, 3.8) is 0 Å². The molecular formula is C20H34N4O2. The normalized spacial score (nSPS) is 12.1. The predicted octanol–water partition coefficient (Wildman–Crippen LogP) is 3.52. The van der Waals surface area contributed by atoms with Crippen molar-refractivity contribution in [2.24, 2.45) is 4.99 Å². The molecule has 26 heavy (non-hydrogen) atoms. The molecule has 0 saturated heterocycles. The number of guanidine groups is 1. The van der Waals surface area contributed by atoms with Crippen LogP contribution in [-0.4, -0.2) is 42.2 Å². The summed E-state index contributed by atoms with van der Waals surface area (Å²) in [6.45, 7) is 13.8. The fourth-order valence-corrected chi connectivity index (χ4v) is 2.19. The molecule has 0 radical (unpaired) electrons. The van der Waals surface area contributed by atoms with E-state index in [1.54, 1.807) is 11.9 Å². The predicted molar refractivity (Wildman–Crippen MR) is 107 cm³/mol. The van der Waals surface area contributed by atoms with Crippen LogP contribution in [0, 0.1) is 0 Å². The van der Waals surface area contributed by atoms with Gasteiger partial charge in [-0.3, -0.25) is 0 Å². The van der Waals surface area contributed by atoms with Crippen LogP contribution >= 0.6 is 0 Å². The van der Waals surface area contributed by atoms with Gasteiger partial charge in [-0.1, -0.05) is 24.3 Å². The lowest BCUT2D eigenvalue weighted by Crippen LogP contribution is -2.40. The van der Waals surface area contributed by atoms with Crippen molar-refractivity contribution in [2.75, 3.05) is 13.6 Å². The van der Waals surface area contributed by atoms with Crippen molar-refractivity contribution in [3.05, 3.63) is 35.4 Å². The van der Waals surface area contributed by atoms with Crippen LogP contribution in [0.3, 0.4) is 0 Å². The first-order chi connectivity index (χ1) is 12.1. The minimum Gasteiger partial charge on any atom is -0.444 e. The van der Waals surface area contributed by atoms with Gasteiger partial charge in [0.25, 0.3) is 0 Å². The van der Waals surface area contributed by atoms with Crippen LogP contribution in [0.15, 0.2) is 29.3 Å². The summed E-state index contributed by atoms with van der Waals surface area (Å²) in [4.78, 5) is 18.2. The lowest BCUT2D eigenvalue weighted by molar-refractivity contribution is 0.0285. The number of carbonyl (C=O) groups excluding carboxylic acids is 1. The highest BCUT2D eigenvalue weighted by molar-refractivity contribution is 5.79. The van der Waals surface area contributed by atoms with Gasteiger partial charge in [0.1, 0.15) is 5.60 Å². The first kappa shape index (κ1) is 21.8. The van der Waals surface area contributed by atoms with Gasteiger partial charge >= 0.3 is 6.09 Å². The van der Waals surface area contributed by atoms with Crippen LogP contribution in [0.4, 0.5) is 4.79 Å². The van der Waals surface area contributed by atoms with E-state index >= 15 is 0 Å². The van der Waals surface area contributed by atoms with E-state index < -0.39 is 5.60 Å². The molecule has 1 amide bonds. The van der Waals surface area contributed by atoms with E-state index in [-0.39, 0.29) is 6.09 Å². The summed E-state index contributed by atoms with van der Waals surface area (Å²) in [6, 6.07) is 8.46. The SMILES string of the molecule is CCNC(=NCc1ccc(CN(C)C(=O)OC(C)(C)C)cc1)NC(C)C. The third kappa shape index (κ3) is 8.74. The molecule has 0 saturated carbocycles. The Morgan fingerprint density at radius 3 is 2.27 bits per heavy atom. The van der Waals surface area contributed by atoms with E-state index in [9.17, 15) is 4.79 Å². The molecule has 1 aromatic carbocycles. The van der Waals surface area contributed by atoms with Crippen LogP contribution in [0.5, 0.6) is 0 Å². The van der Waals surface area contributed by atoms with Crippen LogP contribution in [-0.2, 0) is 17.8 Å². The Morgan fingerprint density at radius 1 is 1.19 bits per heavy atom. The lowest BCUT2D eigenvalue weighted by Gasteiger charge is -2.24. The molecule has 146 valence electrons. The second kappa shape index (κ2) is 10.0. The Hall–Kier alpha value is -2.24. The van der Waals surface area contributed by atoms with Gasteiger partial charge in [0.05, 0.1) is 6.54 Å². The highest BCUT2D eigenvalue weighted by Crippen LogP contribution is 2.12. The fourth-order valence-electron chi connectivity index (χ4n) is 2.19. The molecule has 0 aliphatic heterocycles. The maximum Gasteiger partial charge on any atom is 0.410 e. The summed E-state index contributed by atoms with van der Waals surface area (Å²) in [5.74, 6) is 0.816. The van der Waals surface area contributed by atoms with E-state index in [0.717, 1.165) is 23.6 Å². The molecule has 0 unspecified atom stereocenters. The molecule has 0 aliphatic rings. The van der Waals surface area contributed by atoms with Gasteiger partial charge in [0.15, 0.2) is 5.96 Å². The van der Waals surface area contributed by atoms with Crippen LogP contribution < -0.4 is 10.6 Å². The van der Waals surface area contributed by atoms with Crippen molar-refractivity contribution in [2.45, 2.75) is 66.3 Å². The van der Waals surface area contributed by atoms with Gasteiger partial charge in [-0.25, -0.2) is 9.79 Å². The summed E-state index contributed by atoms with van der Waals surface area (Å²) in [5, 5.41) is 6.53. The molecular weight excluding hydrogens is 328 g/mol. The number of amides is 1. The number of carbonyl (C=O) groups is 1. The summed E-state index contributed by atoms with van der Waals surface area (Å²) in [6.07, 6.45) is -0.318. The molecule has 0 aliphatic carbocycles. The summed E-state index contributed by atoms with van der Waals surface area (Å²) >= 11 is 0. The maximum atomic E-state index is 12.0. The average Bonchev–Trinajstić information content (AvgIpc) is 2.52. The zero-order valence-electron chi connectivity index (χ0n) is 17.2. The molecule has 0 fully saturated rings. The third-order valence-corrected chi connectivity index (χ3v) is 3.34. The Balaban J connectivity index is 2.63. The van der Waals surface area contributed by atoms with E-state index in [2.05, 4.69) is 29.5 Å². The second-order valence-electron chi connectivity index (χ2n) is 7.65. The Kier molecular flexibility index (Phi) is 8.42. The van der Waals surface area contributed by atoms with Crippen molar-refractivity contribution in [1.82, 2.24) is 15.5 Å². The van der Waals surface area contributed by atoms with Gasteiger partial charge in [0.2, 0.25) is 0 Å². The molecule has 6 nitrogen and oxygen atoms in total. The molecule has 6 heteroatoms. The summed E-state index contributed by atoms with van der Waals surface area (Å²) < 4.78 is 5.37. The first-order valence-electron chi connectivity index (χ1n) is 9.17. The van der Waals surface area contributed by atoms with E-state index in [4.69, 9.17) is 4.74 Å². The molecule has 0 atom stereocenters. The molecule has 1 aromatic rings. The fraction of sp³-hybridized carbons (Fsp3) is 0.600. The number of nitrogens with one attached hydrogen (secondary N) is 2. The Morgan fingerprint density at radius 2 is 1.77 bits per heavy atom. The standard InChI is InChI=1S/C20H34N4O2/c1-8-21-18(23-15(2)3)22-13-16-9-11-17(12-10-16)14-24(7)19(25)26-20(4,5)6/h9-12,15H,8,13-14H2,1-7H3,(H2,21,22,23). The van der Waals surface area contributed by atoms with Gasteiger partial charge in [-0.2, -0.15) is 0 Å². The monoisotopic (exact) mass is 362 g/mol. The molecule has 2 N–H and O–H groups in total.